The van der Waals surface area contributed by atoms with E-state index < -0.39 is 29.6 Å². The quantitative estimate of drug-likeness (QED) is 0.688. The molecule has 0 N–H and O–H groups in total. The Hall–Kier alpha value is -0.870. The summed E-state index contributed by atoms with van der Waals surface area (Å²) in [5, 5.41) is 0. The first-order valence-electron chi connectivity index (χ1n) is 6.45. The van der Waals surface area contributed by atoms with Crippen molar-refractivity contribution >= 4 is 11.6 Å². The fourth-order valence-corrected chi connectivity index (χ4v) is 2.17. The van der Waals surface area contributed by atoms with Crippen molar-refractivity contribution in [1.82, 2.24) is 0 Å². The van der Waals surface area contributed by atoms with Crippen LogP contribution in [0.4, 0.5) is 13.2 Å². The van der Waals surface area contributed by atoms with E-state index in [0.717, 1.165) is 13.8 Å². The van der Waals surface area contributed by atoms with Crippen LogP contribution in [0.25, 0.3) is 0 Å². The Morgan fingerprint density at radius 2 is 1.32 bits per heavy atom. The van der Waals surface area contributed by atoms with Gasteiger partial charge in [-0.05, 0) is 25.7 Å². The molecule has 0 radical (unpaired) electrons. The van der Waals surface area contributed by atoms with Crippen molar-refractivity contribution in [2.75, 3.05) is 0 Å². The van der Waals surface area contributed by atoms with E-state index in [9.17, 15) is 22.8 Å². The van der Waals surface area contributed by atoms with E-state index in [0.29, 0.717) is 0 Å². The first-order chi connectivity index (χ1) is 8.32. The van der Waals surface area contributed by atoms with E-state index in [1.54, 1.807) is 0 Å². The van der Waals surface area contributed by atoms with Crippen LogP contribution in [0.2, 0.25) is 0 Å². The Labute approximate surface area is 112 Å². The highest BCUT2D eigenvalue weighted by atomic mass is 19.4. The minimum atomic E-state index is -4.63. The third-order valence-corrected chi connectivity index (χ3v) is 3.55. The standard InChI is InChI=1S/C14H23F3O2/c1-8(2)12(9(3)4)10(18)7-11(19)13(5,6)14(15,16)17/h8-9,12H,7H2,1-6H3. The predicted octanol–water partition coefficient (Wildman–Crippen LogP) is 4.03. The molecule has 0 saturated heterocycles. The van der Waals surface area contributed by atoms with Crippen LogP contribution >= 0.6 is 0 Å². The number of hydrogen-bond acceptors (Lipinski definition) is 2. The van der Waals surface area contributed by atoms with Gasteiger partial charge in [-0.15, -0.1) is 0 Å². The summed E-state index contributed by atoms with van der Waals surface area (Å²) < 4.78 is 38.2. The van der Waals surface area contributed by atoms with Crippen LogP contribution in [0.1, 0.15) is 48.0 Å². The minimum absolute atomic E-state index is 0.00861. The first kappa shape index (κ1) is 18.1. The lowest BCUT2D eigenvalue weighted by Crippen LogP contribution is -2.41. The van der Waals surface area contributed by atoms with Crippen molar-refractivity contribution in [3.8, 4) is 0 Å². The molecule has 0 aromatic rings. The number of Topliss-reactive ketones (excluding diaryl/α,β-unsaturated/α-hetero) is 2. The molecule has 0 rings (SSSR count). The average molecular weight is 280 g/mol. The number of alkyl halides is 3. The zero-order valence-corrected chi connectivity index (χ0v) is 12.4. The molecule has 0 aromatic heterocycles. The molecule has 0 spiro atoms. The van der Waals surface area contributed by atoms with Crippen LogP contribution in [0.5, 0.6) is 0 Å². The van der Waals surface area contributed by atoms with Crippen LogP contribution in [-0.4, -0.2) is 17.7 Å². The van der Waals surface area contributed by atoms with E-state index in [4.69, 9.17) is 0 Å². The monoisotopic (exact) mass is 280 g/mol. The van der Waals surface area contributed by atoms with Crippen molar-refractivity contribution in [2.24, 2.45) is 23.2 Å². The van der Waals surface area contributed by atoms with Crippen LogP contribution in [0.3, 0.4) is 0 Å². The predicted molar refractivity (Wildman–Crippen MR) is 67.6 cm³/mol. The molecule has 0 aliphatic rings. The van der Waals surface area contributed by atoms with Crippen molar-refractivity contribution < 1.29 is 22.8 Å². The topological polar surface area (TPSA) is 34.1 Å². The molecule has 0 heterocycles. The molecular weight excluding hydrogens is 257 g/mol. The molecular formula is C14H23F3O2. The highest BCUT2D eigenvalue weighted by Gasteiger charge is 2.52. The average Bonchev–Trinajstić information content (AvgIpc) is 2.13. The zero-order chi connectivity index (χ0) is 15.6. The normalized spacial score (nSPS) is 13.5. The van der Waals surface area contributed by atoms with Gasteiger partial charge >= 0.3 is 6.18 Å². The van der Waals surface area contributed by atoms with Crippen LogP contribution < -0.4 is 0 Å². The first-order valence-corrected chi connectivity index (χ1v) is 6.45. The molecule has 0 fully saturated rings. The summed E-state index contributed by atoms with van der Waals surface area (Å²) in [5.74, 6) is -1.82. The summed E-state index contributed by atoms with van der Waals surface area (Å²) in [7, 11) is 0. The molecule has 0 atom stereocenters. The van der Waals surface area contributed by atoms with E-state index in [-0.39, 0.29) is 17.8 Å². The molecule has 0 aromatic carbocycles. The highest BCUT2D eigenvalue weighted by molar-refractivity contribution is 6.02. The van der Waals surface area contributed by atoms with E-state index >= 15 is 0 Å². The van der Waals surface area contributed by atoms with Gasteiger partial charge in [0.2, 0.25) is 0 Å². The maximum absolute atomic E-state index is 12.7. The largest absolute Gasteiger partial charge is 0.400 e. The van der Waals surface area contributed by atoms with Crippen LogP contribution in [-0.2, 0) is 9.59 Å². The maximum Gasteiger partial charge on any atom is 0.400 e. The fraction of sp³-hybridized carbons (Fsp3) is 0.857. The van der Waals surface area contributed by atoms with Gasteiger partial charge in [-0.1, -0.05) is 27.7 Å². The Morgan fingerprint density at radius 3 is 1.58 bits per heavy atom. The van der Waals surface area contributed by atoms with Gasteiger partial charge < -0.3 is 0 Å². The second kappa shape index (κ2) is 6.06. The summed E-state index contributed by atoms with van der Waals surface area (Å²) in [5.41, 5.74) is -2.47. The van der Waals surface area contributed by atoms with Gasteiger partial charge in [0.1, 0.15) is 11.2 Å². The number of ketones is 2. The summed E-state index contributed by atoms with van der Waals surface area (Å²) >= 11 is 0. The maximum atomic E-state index is 12.7. The van der Waals surface area contributed by atoms with Gasteiger partial charge in [0.15, 0.2) is 5.78 Å². The van der Waals surface area contributed by atoms with Crippen molar-refractivity contribution in [2.45, 2.75) is 54.1 Å². The third kappa shape index (κ3) is 4.32. The summed E-state index contributed by atoms with van der Waals surface area (Å²) in [6, 6.07) is 0. The van der Waals surface area contributed by atoms with E-state index in [1.807, 2.05) is 27.7 Å². The molecule has 0 amide bonds. The minimum Gasteiger partial charge on any atom is -0.299 e. The Balaban J connectivity index is 4.97. The number of carbonyl (C=O) groups excluding carboxylic acids is 2. The highest BCUT2D eigenvalue weighted by Crippen LogP contribution is 2.39. The lowest BCUT2D eigenvalue weighted by atomic mass is 9.77. The van der Waals surface area contributed by atoms with Gasteiger partial charge in [0.05, 0.1) is 6.42 Å². The van der Waals surface area contributed by atoms with Gasteiger partial charge in [0.25, 0.3) is 0 Å². The molecule has 0 saturated carbocycles. The van der Waals surface area contributed by atoms with Gasteiger partial charge in [-0.25, -0.2) is 0 Å². The zero-order valence-electron chi connectivity index (χ0n) is 12.4. The van der Waals surface area contributed by atoms with Gasteiger partial charge in [-0.2, -0.15) is 13.2 Å². The molecule has 2 nitrogen and oxygen atoms in total. The molecule has 112 valence electrons. The molecule has 0 unspecified atom stereocenters. The molecule has 0 aliphatic heterocycles. The lowest BCUT2D eigenvalue weighted by Gasteiger charge is -2.28. The Morgan fingerprint density at radius 1 is 0.947 bits per heavy atom. The van der Waals surface area contributed by atoms with Gasteiger partial charge in [0, 0.05) is 5.92 Å². The van der Waals surface area contributed by atoms with Crippen molar-refractivity contribution in [1.29, 1.82) is 0 Å². The number of hydrogen-bond donors (Lipinski definition) is 0. The second-order valence-electron chi connectivity index (χ2n) is 6.20. The third-order valence-electron chi connectivity index (χ3n) is 3.55. The molecule has 5 heteroatoms. The van der Waals surface area contributed by atoms with Crippen molar-refractivity contribution in [3.63, 3.8) is 0 Å². The van der Waals surface area contributed by atoms with Crippen LogP contribution in [0.15, 0.2) is 0 Å². The lowest BCUT2D eigenvalue weighted by molar-refractivity contribution is -0.210. The molecule has 0 aliphatic carbocycles. The second-order valence-corrected chi connectivity index (χ2v) is 6.20. The molecule has 19 heavy (non-hydrogen) atoms. The summed E-state index contributed by atoms with van der Waals surface area (Å²) in [4.78, 5) is 23.8. The van der Waals surface area contributed by atoms with Gasteiger partial charge in [-0.3, -0.25) is 9.59 Å². The van der Waals surface area contributed by atoms with E-state index in [1.165, 1.54) is 0 Å². The SMILES string of the molecule is CC(C)C(C(=O)CC(=O)C(C)(C)C(F)(F)F)C(C)C. The fourth-order valence-electron chi connectivity index (χ4n) is 2.17. The van der Waals surface area contributed by atoms with Crippen LogP contribution in [0, 0.1) is 23.2 Å². The van der Waals surface area contributed by atoms with E-state index in [2.05, 4.69) is 0 Å². The smallest absolute Gasteiger partial charge is 0.299 e. The molecule has 0 bridgehead atoms. The Bertz CT molecular complexity index is 333. The summed E-state index contributed by atoms with van der Waals surface area (Å²) in [6.45, 7) is 8.98. The number of rotatable bonds is 6. The van der Waals surface area contributed by atoms with Crippen molar-refractivity contribution in [3.05, 3.63) is 0 Å². The number of halogens is 3. The Kier molecular flexibility index (Phi) is 5.78. The number of carbonyl (C=O) groups is 2. The summed E-state index contributed by atoms with van der Waals surface area (Å²) in [6.07, 6.45) is -5.27.